The van der Waals surface area contributed by atoms with Crippen molar-refractivity contribution in [3.05, 3.63) is 71.1 Å². The van der Waals surface area contributed by atoms with Crippen LogP contribution in [0, 0.1) is 18.8 Å². The van der Waals surface area contributed by atoms with Crippen molar-refractivity contribution >= 4 is 28.2 Å². The van der Waals surface area contributed by atoms with Gasteiger partial charge in [0.25, 0.3) is 5.91 Å². The number of amides is 2. The monoisotopic (exact) mass is 634 g/mol. The molecule has 3 aromatic heterocycles. The first-order valence-electron chi connectivity index (χ1n) is 17.7. The maximum Gasteiger partial charge on any atom is 0.255 e. The molecule has 4 aromatic rings. The van der Waals surface area contributed by atoms with Gasteiger partial charge < -0.3 is 25.2 Å². The van der Waals surface area contributed by atoms with Gasteiger partial charge >= 0.3 is 0 Å². The third-order valence-electron chi connectivity index (χ3n) is 11.2. The van der Waals surface area contributed by atoms with Gasteiger partial charge in [-0.1, -0.05) is 18.2 Å². The number of benzene rings is 1. The molecule has 1 aromatic carbocycles. The number of pyridine rings is 1. The molecule has 1 saturated carbocycles. The van der Waals surface area contributed by atoms with Gasteiger partial charge in [0.2, 0.25) is 5.91 Å². The quantitative estimate of drug-likeness (QED) is 0.263. The predicted octanol–water partition coefficient (Wildman–Crippen LogP) is 6.19. The van der Waals surface area contributed by atoms with Crippen LogP contribution in [0.4, 0.5) is 0 Å². The summed E-state index contributed by atoms with van der Waals surface area (Å²) in [6.45, 7) is 6.01. The Labute approximate surface area is 276 Å². The van der Waals surface area contributed by atoms with Crippen molar-refractivity contribution in [3.63, 3.8) is 0 Å². The van der Waals surface area contributed by atoms with Crippen LogP contribution in [0.15, 0.2) is 54.4 Å². The van der Waals surface area contributed by atoms with E-state index in [-0.39, 0.29) is 23.8 Å². The molecule has 246 valence electrons. The molecule has 5 heterocycles. The van der Waals surface area contributed by atoms with E-state index < -0.39 is 0 Å². The molecule has 2 atom stereocenters. The third kappa shape index (κ3) is 5.73. The summed E-state index contributed by atoms with van der Waals surface area (Å²) in [6, 6.07) is 13.0. The fourth-order valence-corrected chi connectivity index (χ4v) is 8.26. The summed E-state index contributed by atoms with van der Waals surface area (Å²) in [5.74, 6) is 1.75. The minimum Gasteiger partial charge on any atom is -0.513 e. The van der Waals surface area contributed by atoms with E-state index >= 15 is 0 Å². The van der Waals surface area contributed by atoms with Gasteiger partial charge in [0, 0.05) is 68.3 Å². The molecule has 0 spiro atoms. The van der Waals surface area contributed by atoms with Crippen LogP contribution in [0.1, 0.15) is 85.2 Å². The Morgan fingerprint density at radius 3 is 2.57 bits per heavy atom. The lowest BCUT2D eigenvalue weighted by Crippen LogP contribution is -2.45. The Bertz CT molecular complexity index is 1870. The van der Waals surface area contributed by atoms with Crippen LogP contribution in [-0.4, -0.2) is 73.1 Å². The number of fused-ring (bicyclic) bond motifs is 2. The van der Waals surface area contributed by atoms with Gasteiger partial charge in [-0.3, -0.25) is 9.59 Å². The Kier molecular flexibility index (Phi) is 7.82. The molecule has 47 heavy (non-hydrogen) atoms. The first kappa shape index (κ1) is 30.2. The third-order valence-corrected chi connectivity index (χ3v) is 11.2. The van der Waals surface area contributed by atoms with Crippen LogP contribution < -0.4 is 5.73 Å². The zero-order valence-electron chi connectivity index (χ0n) is 27.4. The SMILES string of the molecule is Cc1c(-c2cc3cccc(C4CCN(C(=O)C5CC=C(O)CC5)CC4)c3n2CC2CC2)nn2cc(C(=O)N3CCCC(N)C3)ccc12. The van der Waals surface area contributed by atoms with Crippen molar-refractivity contribution in [3.8, 4) is 11.4 Å². The van der Waals surface area contributed by atoms with Gasteiger partial charge in [0.15, 0.2) is 0 Å². The van der Waals surface area contributed by atoms with Crippen LogP contribution in [-0.2, 0) is 11.3 Å². The molecule has 2 saturated heterocycles. The topological polar surface area (TPSA) is 109 Å². The number of hydrogen-bond donors (Lipinski definition) is 2. The maximum atomic E-state index is 13.4. The molecular formula is C38H46N6O3. The molecule has 0 radical (unpaired) electrons. The second-order valence-corrected chi connectivity index (χ2v) is 14.5. The molecule has 2 aliphatic carbocycles. The summed E-state index contributed by atoms with van der Waals surface area (Å²) >= 11 is 0. The van der Waals surface area contributed by atoms with Crippen molar-refractivity contribution in [2.45, 2.75) is 83.2 Å². The first-order valence-corrected chi connectivity index (χ1v) is 17.7. The largest absolute Gasteiger partial charge is 0.513 e. The highest BCUT2D eigenvalue weighted by atomic mass is 16.3. The van der Waals surface area contributed by atoms with Crippen molar-refractivity contribution in [2.75, 3.05) is 26.2 Å². The Balaban J connectivity index is 1.10. The summed E-state index contributed by atoms with van der Waals surface area (Å²) in [5.41, 5.74) is 13.7. The molecule has 9 heteroatoms. The van der Waals surface area contributed by atoms with E-state index in [1.807, 2.05) is 33.8 Å². The Morgan fingerprint density at radius 2 is 1.83 bits per heavy atom. The highest BCUT2D eigenvalue weighted by Gasteiger charge is 2.32. The lowest BCUT2D eigenvalue weighted by atomic mass is 9.86. The minimum absolute atomic E-state index is 0.00449. The number of para-hydroxylation sites is 1. The average Bonchev–Trinajstić information content (AvgIpc) is 3.76. The number of aliphatic hydroxyl groups is 1. The maximum absolute atomic E-state index is 13.4. The number of aliphatic hydroxyl groups excluding tert-OH is 1. The number of carbonyl (C=O) groups is 2. The normalized spacial score (nSPS) is 22.6. The highest BCUT2D eigenvalue weighted by molar-refractivity contribution is 5.95. The number of nitrogens with zero attached hydrogens (tertiary/aromatic N) is 5. The summed E-state index contributed by atoms with van der Waals surface area (Å²) < 4.78 is 4.41. The summed E-state index contributed by atoms with van der Waals surface area (Å²) in [4.78, 5) is 30.6. The standard InChI is InChI=1S/C38H46N6O3/c1-24-33-14-11-29(38(47)42-17-3-5-30(39)23-42)22-44(33)40-35(24)34-20-28-4-2-6-32(36(28)43(34)21-25-7-8-25)26-15-18-41(19-16-26)37(46)27-9-12-31(45)13-10-27/h2,4,6,11-12,14,20,22,25-27,30,45H,3,5,7-10,13,15-19,21,23,39H2,1H3. The predicted molar refractivity (Wildman–Crippen MR) is 183 cm³/mol. The Hall–Kier alpha value is -4.11. The second-order valence-electron chi connectivity index (χ2n) is 14.5. The minimum atomic E-state index is -0.00449. The fraction of sp³-hybridized carbons (Fsp3) is 0.500. The first-order chi connectivity index (χ1) is 22.8. The number of carbonyl (C=O) groups excluding carboxylic acids is 2. The molecule has 2 aliphatic heterocycles. The summed E-state index contributed by atoms with van der Waals surface area (Å²) in [6.07, 6.45) is 12.0. The van der Waals surface area contributed by atoms with Gasteiger partial charge in [0.05, 0.1) is 28.0 Å². The second kappa shape index (κ2) is 12.2. The van der Waals surface area contributed by atoms with E-state index in [9.17, 15) is 14.7 Å². The smallest absolute Gasteiger partial charge is 0.255 e. The number of likely N-dealkylation sites (tertiary alicyclic amines) is 2. The number of hydrogen-bond acceptors (Lipinski definition) is 5. The van der Waals surface area contributed by atoms with E-state index in [1.165, 1.54) is 29.3 Å². The molecule has 0 bridgehead atoms. The molecule has 8 rings (SSSR count). The van der Waals surface area contributed by atoms with Crippen LogP contribution in [0.2, 0.25) is 0 Å². The van der Waals surface area contributed by atoms with Gasteiger partial charge in [-0.05, 0) is 100.0 Å². The van der Waals surface area contributed by atoms with Crippen molar-refractivity contribution < 1.29 is 14.7 Å². The number of piperidine rings is 2. The van der Waals surface area contributed by atoms with Gasteiger partial charge in [0.1, 0.15) is 5.69 Å². The zero-order valence-corrected chi connectivity index (χ0v) is 27.4. The number of aryl methyl sites for hydroxylation is 1. The van der Waals surface area contributed by atoms with Crippen LogP contribution in [0.25, 0.3) is 27.8 Å². The van der Waals surface area contributed by atoms with E-state index in [4.69, 9.17) is 10.8 Å². The molecular weight excluding hydrogens is 588 g/mol. The number of allylic oxidation sites excluding steroid dienone is 2. The van der Waals surface area contributed by atoms with E-state index in [2.05, 4.69) is 40.7 Å². The lowest BCUT2D eigenvalue weighted by Gasteiger charge is -2.35. The van der Waals surface area contributed by atoms with Crippen LogP contribution >= 0.6 is 0 Å². The molecule has 2 unspecified atom stereocenters. The van der Waals surface area contributed by atoms with Crippen molar-refractivity contribution in [1.82, 2.24) is 24.0 Å². The average molecular weight is 635 g/mol. The van der Waals surface area contributed by atoms with E-state index in [0.29, 0.717) is 42.5 Å². The molecule has 3 N–H and O–H groups in total. The number of rotatable bonds is 6. The lowest BCUT2D eigenvalue weighted by molar-refractivity contribution is -0.137. The molecule has 3 fully saturated rings. The van der Waals surface area contributed by atoms with E-state index in [1.54, 1.807) is 0 Å². The van der Waals surface area contributed by atoms with E-state index in [0.717, 1.165) is 80.8 Å². The van der Waals surface area contributed by atoms with Gasteiger partial charge in [-0.15, -0.1) is 0 Å². The Morgan fingerprint density at radius 1 is 1.00 bits per heavy atom. The van der Waals surface area contributed by atoms with Gasteiger partial charge in [-0.25, -0.2) is 4.52 Å². The van der Waals surface area contributed by atoms with Crippen molar-refractivity contribution in [1.29, 1.82) is 0 Å². The molecule has 2 amide bonds. The van der Waals surface area contributed by atoms with Crippen LogP contribution in [0.5, 0.6) is 0 Å². The molecule has 4 aliphatic rings. The van der Waals surface area contributed by atoms with Crippen molar-refractivity contribution in [2.24, 2.45) is 17.6 Å². The number of aromatic nitrogens is 3. The summed E-state index contributed by atoms with van der Waals surface area (Å²) in [7, 11) is 0. The van der Waals surface area contributed by atoms with Gasteiger partial charge in [-0.2, -0.15) is 5.10 Å². The number of nitrogens with two attached hydrogens (primary N) is 1. The fourth-order valence-electron chi connectivity index (χ4n) is 8.26. The summed E-state index contributed by atoms with van der Waals surface area (Å²) in [5, 5.41) is 16.1. The molecule has 9 nitrogen and oxygen atoms in total. The highest BCUT2D eigenvalue weighted by Crippen LogP contribution is 2.41. The zero-order chi connectivity index (χ0) is 32.2. The van der Waals surface area contributed by atoms with Crippen LogP contribution in [0.3, 0.4) is 0 Å².